The summed E-state index contributed by atoms with van der Waals surface area (Å²) in [7, 11) is 1.51. The van der Waals surface area contributed by atoms with Crippen LogP contribution in [0.15, 0.2) is 18.3 Å². The molecule has 0 atom stereocenters. The maximum absolute atomic E-state index is 6.07. The minimum atomic E-state index is 0.145. The predicted octanol–water partition coefficient (Wildman–Crippen LogP) is 2.55. The Morgan fingerprint density at radius 1 is 1.21 bits per heavy atom. The highest BCUT2D eigenvalue weighted by Crippen LogP contribution is 2.34. The number of anilines is 2. The minimum Gasteiger partial charge on any atom is -0.494 e. The molecular weight excluding hydrogens is 287 g/mol. The molecule has 0 unspecified atom stereocenters. The third kappa shape index (κ3) is 3.00. The summed E-state index contributed by atoms with van der Waals surface area (Å²) in [5.74, 6) is 0.941. The molecule has 0 fully saturated rings. The quantitative estimate of drug-likeness (QED) is 0.909. The van der Waals surface area contributed by atoms with Gasteiger partial charge in [0.1, 0.15) is 5.82 Å². The molecule has 4 N–H and O–H groups in total. The van der Waals surface area contributed by atoms with Crippen molar-refractivity contribution < 1.29 is 4.74 Å². The Morgan fingerprint density at radius 2 is 1.84 bits per heavy atom. The molecule has 1 heterocycles. The lowest BCUT2D eigenvalue weighted by Crippen LogP contribution is -2.04. The monoisotopic (exact) mass is 298 g/mol. The van der Waals surface area contributed by atoms with Gasteiger partial charge in [-0.2, -0.15) is 4.98 Å². The number of nitrogen functional groups attached to an aromatic ring is 2. The van der Waals surface area contributed by atoms with E-state index in [1.54, 1.807) is 18.3 Å². The molecule has 0 aliphatic carbocycles. The zero-order valence-corrected chi connectivity index (χ0v) is 11.7. The zero-order chi connectivity index (χ0) is 14.0. The van der Waals surface area contributed by atoms with Gasteiger partial charge in [0.25, 0.3) is 0 Å². The lowest BCUT2D eigenvalue weighted by Gasteiger charge is -2.09. The van der Waals surface area contributed by atoms with Gasteiger partial charge >= 0.3 is 0 Å². The molecule has 2 aromatic rings. The van der Waals surface area contributed by atoms with Crippen LogP contribution in [-0.4, -0.2) is 17.1 Å². The smallest absolute Gasteiger partial charge is 0.221 e. The largest absolute Gasteiger partial charge is 0.494 e. The standard InChI is InChI=1S/C12H12Cl2N4O/c1-19-10-8(13)3-6(4-9(10)14)2-7-5-17-12(16)18-11(7)15/h3-5H,2H2,1H3,(H4,15,16,17,18). The van der Waals surface area contributed by atoms with Crippen LogP contribution in [0, 0.1) is 0 Å². The Morgan fingerprint density at radius 3 is 2.37 bits per heavy atom. The topological polar surface area (TPSA) is 87.0 Å². The molecule has 19 heavy (non-hydrogen) atoms. The van der Waals surface area contributed by atoms with Gasteiger partial charge in [0.15, 0.2) is 5.75 Å². The summed E-state index contributed by atoms with van der Waals surface area (Å²) in [5, 5.41) is 0.889. The summed E-state index contributed by atoms with van der Waals surface area (Å²) >= 11 is 12.1. The molecule has 0 bridgehead atoms. The average molecular weight is 299 g/mol. The van der Waals surface area contributed by atoms with Crippen molar-refractivity contribution in [2.75, 3.05) is 18.6 Å². The summed E-state index contributed by atoms with van der Waals surface area (Å²) < 4.78 is 5.09. The first-order valence-corrected chi connectivity index (χ1v) is 6.15. The third-order valence-corrected chi connectivity index (χ3v) is 3.13. The summed E-state index contributed by atoms with van der Waals surface area (Å²) in [6.07, 6.45) is 2.10. The second-order valence-corrected chi connectivity index (χ2v) is 4.72. The van der Waals surface area contributed by atoms with E-state index in [2.05, 4.69) is 9.97 Å². The van der Waals surface area contributed by atoms with Gasteiger partial charge in [-0.25, -0.2) is 4.98 Å². The summed E-state index contributed by atoms with van der Waals surface area (Å²) in [5.41, 5.74) is 12.9. The molecule has 0 radical (unpaired) electrons. The Hall–Kier alpha value is -1.72. The first-order chi connectivity index (χ1) is 9.01. The van der Waals surface area contributed by atoms with Gasteiger partial charge in [-0.3, -0.25) is 0 Å². The Labute approximate surface area is 120 Å². The second kappa shape index (κ2) is 5.50. The SMILES string of the molecule is COc1c(Cl)cc(Cc2cnc(N)nc2N)cc1Cl. The zero-order valence-electron chi connectivity index (χ0n) is 10.2. The van der Waals surface area contributed by atoms with E-state index in [-0.39, 0.29) is 5.95 Å². The molecule has 7 heteroatoms. The van der Waals surface area contributed by atoms with Crippen molar-refractivity contribution in [3.8, 4) is 5.75 Å². The summed E-state index contributed by atoms with van der Waals surface area (Å²) in [6, 6.07) is 3.53. The van der Waals surface area contributed by atoms with E-state index < -0.39 is 0 Å². The average Bonchev–Trinajstić information content (AvgIpc) is 2.32. The van der Waals surface area contributed by atoms with E-state index in [1.807, 2.05) is 0 Å². The van der Waals surface area contributed by atoms with Crippen LogP contribution in [0.1, 0.15) is 11.1 Å². The fourth-order valence-corrected chi connectivity index (χ4v) is 2.39. The van der Waals surface area contributed by atoms with Gasteiger partial charge in [-0.15, -0.1) is 0 Å². The number of rotatable bonds is 3. The second-order valence-electron chi connectivity index (χ2n) is 3.91. The molecule has 0 spiro atoms. The fraction of sp³-hybridized carbons (Fsp3) is 0.167. The number of nitrogens with zero attached hydrogens (tertiary/aromatic N) is 2. The van der Waals surface area contributed by atoms with Crippen LogP contribution < -0.4 is 16.2 Å². The van der Waals surface area contributed by atoms with Crippen molar-refractivity contribution in [2.45, 2.75) is 6.42 Å². The van der Waals surface area contributed by atoms with Crippen LogP contribution in [0.2, 0.25) is 10.0 Å². The number of hydrogen-bond donors (Lipinski definition) is 2. The third-order valence-electron chi connectivity index (χ3n) is 2.57. The van der Waals surface area contributed by atoms with Crippen molar-refractivity contribution in [1.29, 1.82) is 0 Å². The normalized spacial score (nSPS) is 10.5. The van der Waals surface area contributed by atoms with E-state index in [9.17, 15) is 0 Å². The van der Waals surface area contributed by atoms with Crippen molar-refractivity contribution >= 4 is 35.0 Å². The van der Waals surface area contributed by atoms with Gasteiger partial charge in [0.2, 0.25) is 5.95 Å². The van der Waals surface area contributed by atoms with Gasteiger partial charge < -0.3 is 16.2 Å². The van der Waals surface area contributed by atoms with Crippen LogP contribution in [0.3, 0.4) is 0 Å². The van der Waals surface area contributed by atoms with Crippen LogP contribution in [0.5, 0.6) is 5.75 Å². The van der Waals surface area contributed by atoms with Crippen LogP contribution in [0.25, 0.3) is 0 Å². The van der Waals surface area contributed by atoms with E-state index in [4.69, 9.17) is 39.4 Å². The number of hydrogen-bond acceptors (Lipinski definition) is 5. The molecule has 2 rings (SSSR count). The minimum absolute atomic E-state index is 0.145. The van der Waals surface area contributed by atoms with Crippen molar-refractivity contribution in [2.24, 2.45) is 0 Å². The Balaban J connectivity index is 2.33. The maximum Gasteiger partial charge on any atom is 0.221 e. The molecule has 100 valence electrons. The number of methoxy groups -OCH3 is 1. The Kier molecular flexibility index (Phi) is 3.97. The number of aromatic nitrogens is 2. The first-order valence-electron chi connectivity index (χ1n) is 5.40. The predicted molar refractivity (Wildman–Crippen MR) is 76.7 cm³/mol. The summed E-state index contributed by atoms with van der Waals surface area (Å²) in [6.45, 7) is 0. The molecule has 5 nitrogen and oxygen atoms in total. The fourth-order valence-electron chi connectivity index (χ4n) is 1.70. The van der Waals surface area contributed by atoms with Gasteiger partial charge in [0, 0.05) is 18.2 Å². The van der Waals surface area contributed by atoms with Gasteiger partial charge in [-0.1, -0.05) is 23.2 Å². The number of ether oxygens (including phenoxy) is 1. The van der Waals surface area contributed by atoms with E-state index >= 15 is 0 Å². The molecule has 1 aromatic heterocycles. The van der Waals surface area contributed by atoms with Crippen molar-refractivity contribution in [1.82, 2.24) is 9.97 Å². The highest BCUT2D eigenvalue weighted by Gasteiger charge is 2.10. The van der Waals surface area contributed by atoms with E-state index in [0.29, 0.717) is 28.0 Å². The van der Waals surface area contributed by atoms with E-state index in [0.717, 1.165) is 11.1 Å². The molecule has 0 aliphatic heterocycles. The first kappa shape index (κ1) is 13.7. The number of benzene rings is 1. The lowest BCUT2D eigenvalue weighted by molar-refractivity contribution is 0.415. The maximum atomic E-state index is 6.07. The highest BCUT2D eigenvalue weighted by atomic mass is 35.5. The Bertz CT molecular complexity index is 596. The van der Waals surface area contributed by atoms with Gasteiger partial charge in [-0.05, 0) is 17.7 Å². The van der Waals surface area contributed by atoms with Gasteiger partial charge in [0.05, 0.1) is 17.2 Å². The molecule has 0 saturated carbocycles. The molecule has 0 saturated heterocycles. The number of halogens is 2. The molecule has 0 aliphatic rings. The van der Waals surface area contributed by atoms with Crippen LogP contribution in [0.4, 0.5) is 11.8 Å². The highest BCUT2D eigenvalue weighted by molar-refractivity contribution is 6.37. The molecule has 1 aromatic carbocycles. The van der Waals surface area contributed by atoms with Crippen molar-refractivity contribution in [3.63, 3.8) is 0 Å². The molecule has 0 amide bonds. The number of nitrogens with two attached hydrogens (primary N) is 2. The summed E-state index contributed by atoms with van der Waals surface area (Å²) in [4.78, 5) is 7.81. The molecular formula is C12H12Cl2N4O. The van der Waals surface area contributed by atoms with Crippen LogP contribution >= 0.6 is 23.2 Å². The lowest BCUT2D eigenvalue weighted by atomic mass is 10.1. The van der Waals surface area contributed by atoms with Crippen molar-refractivity contribution in [3.05, 3.63) is 39.5 Å². The van der Waals surface area contributed by atoms with Crippen LogP contribution in [-0.2, 0) is 6.42 Å². The van der Waals surface area contributed by atoms with E-state index in [1.165, 1.54) is 7.11 Å².